The van der Waals surface area contributed by atoms with Gasteiger partial charge in [0.05, 0.1) is 0 Å². The number of nitrogens with zero attached hydrogens (tertiary/aromatic N) is 1. The van der Waals surface area contributed by atoms with Crippen molar-refractivity contribution in [3.8, 4) is 5.40 Å². The van der Waals surface area contributed by atoms with E-state index in [1.54, 1.807) is 0 Å². The molecule has 0 aromatic heterocycles. The lowest BCUT2D eigenvalue weighted by Crippen LogP contribution is -3.00. The van der Waals surface area contributed by atoms with Gasteiger partial charge in [-0.3, -0.25) is 0 Å². The predicted molar refractivity (Wildman–Crippen MR) is 47.5 cm³/mol. The molecule has 0 fully saturated rings. The molecule has 0 atom stereocenters. The Hall–Kier alpha value is -0.850. The Balaban J connectivity index is 0.00000121. The van der Waals surface area contributed by atoms with E-state index in [2.05, 4.69) is 5.32 Å². The van der Waals surface area contributed by atoms with Crippen LogP contribution in [0.3, 0.4) is 0 Å². The number of nitrogens with one attached hydrogen (secondary N) is 1. The van der Waals surface area contributed by atoms with Crippen LogP contribution in [-0.4, -0.2) is 7.05 Å². The maximum absolute atomic E-state index is 8.34. The van der Waals surface area contributed by atoms with E-state index in [1.165, 1.54) is 11.8 Å². The minimum Gasteiger partial charge on any atom is -1.00 e. The molecule has 1 aromatic rings. The molecular formula is C8H8ClN2S-. The van der Waals surface area contributed by atoms with E-state index >= 15 is 0 Å². The van der Waals surface area contributed by atoms with Crippen LogP contribution in [0, 0.1) is 10.7 Å². The quantitative estimate of drug-likeness (QED) is 0.506. The van der Waals surface area contributed by atoms with E-state index in [0.29, 0.717) is 0 Å². The highest BCUT2D eigenvalue weighted by Gasteiger charge is 1.91. The maximum atomic E-state index is 8.34. The van der Waals surface area contributed by atoms with Gasteiger partial charge in [0.2, 0.25) is 0 Å². The van der Waals surface area contributed by atoms with Crippen LogP contribution in [0.1, 0.15) is 0 Å². The van der Waals surface area contributed by atoms with Gasteiger partial charge in [0.1, 0.15) is 5.40 Å². The lowest BCUT2D eigenvalue weighted by molar-refractivity contribution is -0.00000242. The van der Waals surface area contributed by atoms with Gasteiger partial charge in [0.25, 0.3) is 0 Å². The van der Waals surface area contributed by atoms with E-state index in [-0.39, 0.29) is 12.4 Å². The minimum absolute atomic E-state index is 0. The summed E-state index contributed by atoms with van der Waals surface area (Å²) in [6.07, 6.45) is 0. The Morgan fingerprint density at radius 3 is 2.33 bits per heavy atom. The van der Waals surface area contributed by atoms with Gasteiger partial charge in [-0.2, -0.15) is 5.26 Å². The van der Waals surface area contributed by atoms with Gasteiger partial charge < -0.3 is 17.7 Å². The minimum atomic E-state index is 0. The Morgan fingerprint density at radius 1 is 1.33 bits per heavy atom. The summed E-state index contributed by atoms with van der Waals surface area (Å²) in [6, 6.07) is 7.72. The van der Waals surface area contributed by atoms with Crippen molar-refractivity contribution in [2.24, 2.45) is 0 Å². The summed E-state index contributed by atoms with van der Waals surface area (Å²) in [7, 11) is 1.87. The average molecular weight is 200 g/mol. The van der Waals surface area contributed by atoms with E-state index in [1.807, 2.05) is 36.7 Å². The van der Waals surface area contributed by atoms with Crippen LogP contribution in [0.25, 0.3) is 0 Å². The van der Waals surface area contributed by atoms with Crippen LogP contribution >= 0.6 is 11.8 Å². The highest BCUT2D eigenvalue weighted by atomic mass is 35.5. The number of rotatable bonds is 2. The number of hydrogen-bond donors (Lipinski definition) is 1. The van der Waals surface area contributed by atoms with Gasteiger partial charge in [-0.25, -0.2) is 0 Å². The second kappa shape index (κ2) is 5.76. The zero-order valence-electron chi connectivity index (χ0n) is 6.54. The van der Waals surface area contributed by atoms with E-state index in [4.69, 9.17) is 5.26 Å². The van der Waals surface area contributed by atoms with Crippen molar-refractivity contribution in [3.05, 3.63) is 24.3 Å². The number of anilines is 1. The SMILES string of the molecule is CNc1ccc(SC#N)cc1.[Cl-]. The molecule has 0 saturated heterocycles. The second-order valence-corrected chi connectivity index (χ2v) is 2.83. The highest BCUT2D eigenvalue weighted by Crippen LogP contribution is 2.18. The fourth-order valence-corrected chi connectivity index (χ4v) is 1.12. The Kier molecular flexibility index (Phi) is 5.35. The van der Waals surface area contributed by atoms with Crippen LogP contribution in [0.15, 0.2) is 29.2 Å². The zero-order valence-corrected chi connectivity index (χ0v) is 8.12. The van der Waals surface area contributed by atoms with Gasteiger partial charge in [0.15, 0.2) is 0 Å². The van der Waals surface area contributed by atoms with E-state index < -0.39 is 0 Å². The normalized spacial score (nSPS) is 8.00. The fourth-order valence-electron chi connectivity index (χ4n) is 0.742. The molecule has 1 aromatic carbocycles. The fraction of sp³-hybridized carbons (Fsp3) is 0.125. The third kappa shape index (κ3) is 3.04. The lowest BCUT2D eigenvalue weighted by atomic mass is 10.3. The first-order valence-electron chi connectivity index (χ1n) is 3.20. The van der Waals surface area contributed by atoms with Crippen molar-refractivity contribution in [3.63, 3.8) is 0 Å². The summed E-state index contributed by atoms with van der Waals surface area (Å²) >= 11 is 1.17. The highest BCUT2D eigenvalue weighted by molar-refractivity contribution is 8.03. The smallest absolute Gasteiger partial charge is 0.138 e. The van der Waals surface area contributed by atoms with E-state index in [0.717, 1.165) is 10.6 Å². The zero-order chi connectivity index (χ0) is 8.10. The number of hydrogen-bond acceptors (Lipinski definition) is 3. The van der Waals surface area contributed by atoms with Crippen molar-refractivity contribution in [2.75, 3.05) is 12.4 Å². The van der Waals surface area contributed by atoms with Crippen LogP contribution in [0.4, 0.5) is 5.69 Å². The standard InChI is InChI=1S/C8H8N2S.ClH/c1-10-7-2-4-8(5-3-7)11-6-9;/h2-5,10H,1H3;1H/p-1. The molecule has 0 radical (unpaired) electrons. The molecule has 1 N–H and O–H groups in total. The number of nitriles is 1. The summed E-state index contributed by atoms with van der Waals surface area (Å²) in [5.41, 5.74) is 1.06. The van der Waals surface area contributed by atoms with Crippen LogP contribution < -0.4 is 17.7 Å². The molecule has 0 bridgehead atoms. The summed E-state index contributed by atoms with van der Waals surface area (Å²) in [6.45, 7) is 0. The van der Waals surface area contributed by atoms with Gasteiger partial charge in [-0.1, -0.05) is 0 Å². The Morgan fingerprint density at radius 2 is 1.92 bits per heavy atom. The van der Waals surface area contributed by atoms with Gasteiger partial charge in [-0.15, -0.1) is 0 Å². The molecule has 1 rings (SSSR count). The first-order chi connectivity index (χ1) is 5.36. The van der Waals surface area contributed by atoms with Crippen molar-refractivity contribution < 1.29 is 12.4 Å². The van der Waals surface area contributed by atoms with Crippen LogP contribution in [0.5, 0.6) is 0 Å². The van der Waals surface area contributed by atoms with Crippen molar-refractivity contribution >= 4 is 17.4 Å². The second-order valence-electron chi connectivity index (χ2n) is 1.97. The molecule has 12 heavy (non-hydrogen) atoms. The lowest BCUT2D eigenvalue weighted by Gasteiger charge is -1.98. The molecule has 0 spiro atoms. The molecule has 0 unspecified atom stereocenters. The van der Waals surface area contributed by atoms with E-state index in [9.17, 15) is 0 Å². The van der Waals surface area contributed by atoms with Gasteiger partial charge in [0, 0.05) is 17.6 Å². The summed E-state index contributed by atoms with van der Waals surface area (Å²) in [5.74, 6) is 0. The molecule has 0 aliphatic carbocycles. The number of thioether (sulfide) groups is 1. The topological polar surface area (TPSA) is 35.8 Å². The first kappa shape index (κ1) is 11.2. The van der Waals surface area contributed by atoms with Crippen molar-refractivity contribution in [1.82, 2.24) is 0 Å². The predicted octanol–water partition coefficient (Wildman–Crippen LogP) is -0.695. The van der Waals surface area contributed by atoms with Gasteiger partial charge >= 0.3 is 0 Å². The summed E-state index contributed by atoms with van der Waals surface area (Å²) in [5, 5.41) is 13.4. The first-order valence-corrected chi connectivity index (χ1v) is 4.02. The average Bonchev–Trinajstić information content (AvgIpc) is 2.07. The summed E-state index contributed by atoms with van der Waals surface area (Å²) in [4.78, 5) is 0.978. The third-order valence-corrected chi connectivity index (χ3v) is 1.91. The number of halogens is 1. The maximum Gasteiger partial charge on any atom is 0.138 e. The Bertz CT molecular complexity index is 265. The molecule has 2 nitrogen and oxygen atoms in total. The largest absolute Gasteiger partial charge is 1.00 e. The molecule has 0 aliphatic rings. The number of benzene rings is 1. The summed E-state index contributed by atoms with van der Waals surface area (Å²) < 4.78 is 0. The molecule has 4 heteroatoms. The molecule has 64 valence electrons. The van der Waals surface area contributed by atoms with Crippen molar-refractivity contribution in [2.45, 2.75) is 4.90 Å². The third-order valence-electron chi connectivity index (χ3n) is 1.31. The van der Waals surface area contributed by atoms with Gasteiger partial charge in [-0.05, 0) is 36.0 Å². The molecular weight excluding hydrogens is 192 g/mol. The van der Waals surface area contributed by atoms with Crippen molar-refractivity contribution in [1.29, 1.82) is 5.26 Å². The monoisotopic (exact) mass is 199 g/mol. The number of thiocyanates is 1. The van der Waals surface area contributed by atoms with Crippen LogP contribution in [0.2, 0.25) is 0 Å². The molecule has 0 aliphatic heterocycles. The Labute approximate surface area is 82.4 Å². The molecule has 0 heterocycles. The van der Waals surface area contributed by atoms with Crippen LogP contribution in [-0.2, 0) is 0 Å². The molecule has 0 saturated carbocycles. The molecule has 0 amide bonds.